The van der Waals surface area contributed by atoms with Crippen molar-refractivity contribution in [1.29, 1.82) is 0 Å². The first-order chi connectivity index (χ1) is 34.2. The van der Waals surface area contributed by atoms with Crippen molar-refractivity contribution in [2.24, 2.45) is 9.98 Å². The molecule has 1 atom stereocenters. The predicted molar refractivity (Wildman–Crippen MR) is 285 cm³/mol. The van der Waals surface area contributed by atoms with Crippen LogP contribution in [0.4, 0.5) is 0 Å². The summed E-state index contributed by atoms with van der Waals surface area (Å²) in [5, 5.41) is 19.2. The van der Waals surface area contributed by atoms with Crippen molar-refractivity contribution in [2.45, 2.75) is 6.17 Å². The van der Waals surface area contributed by atoms with Crippen LogP contribution in [-0.2, 0) is 0 Å². The highest BCUT2D eigenvalue weighted by molar-refractivity contribution is 6.28. The topological polar surface area (TPSA) is 70.0 Å². The van der Waals surface area contributed by atoms with Gasteiger partial charge in [0.15, 0.2) is 5.58 Å². The fraction of sp³-hybridized carbons (Fsp3) is 0.0159. The van der Waals surface area contributed by atoms with E-state index >= 15 is 0 Å². The minimum absolute atomic E-state index is 0.592. The van der Waals surface area contributed by atoms with Crippen LogP contribution in [0.1, 0.15) is 22.9 Å². The average Bonchev–Trinajstić information content (AvgIpc) is 4.11. The number of aliphatic imine (C=N–C) groups is 2. The Morgan fingerprint density at radius 3 is 1.71 bits per heavy atom. The fourth-order valence-corrected chi connectivity index (χ4v) is 11.1. The standard InChI is InChI=1S/C63H37N4O2/c1-2-15-37(16-3-1)61-64-62(39-31-33-45-43-19-5-4-17-41(43)42-18-6-7-20-44(42)50(45)36-39)66-63(65-61)49-25-14-29-56-59(49)51-35-38(32-34-55(51)68-56)40-23-13-30-57-58(40)48-24-12-28-54(60(48)69-57)67-52-26-10-8-21-46(52)47-22-9-11-27-53(47)67/h1-36,63H/q-1. The summed E-state index contributed by atoms with van der Waals surface area (Å²) in [5.41, 5.74) is 11.5. The normalized spacial score (nSPS) is 14.2. The van der Waals surface area contributed by atoms with Crippen LogP contribution in [-0.4, -0.2) is 16.2 Å². The van der Waals surface area contributed by atoms with Gasteiger partial charge in [-0.1, -0.05) is 176 Å². The lowest BCUT2D eigenvalue weighted by Crippen LogP contribution is -2.16. The van der Waals surface area contributed by atoms with Crippen molar-refractivity contribution in [1.82, 2.24) is 4.57 Å². The first-order valence-corrected chi connectivity index (χ1v) is 23.4. The maximum atomic E-state index is 6.89. The summed E-state index contributed by atoms with van der Waals surface area (Å²) >= 11 is 0. The maximum Gasteiger partial charge on any atom is 0.159 e. The largest absolute Gasteiger partial charge is 0.456 e. The molecule has 11 aromatic carbocycles. The SMILES string of the molecule is c1ccc(C2=NC(c3cccc4oc5ccc(-c6cccc7oc8c(-n9c%10ccccc%10c%10ccccc%109)cccc8c67)cc5c34)[N-]C(c3ccc4c5ccccc5c5ccccc5c4c3)=N2)cc1. The molecule has 6 heteroatoms. The third-order valence-corrected chi connectivity index (χ3v) is 14.2. The second-order valence-electron chi connectivity index (χ2n) is 17.9. The van der Waals surface area contributed by atoms with E-state index < -0.39 is 6.17 Å². The van der Waals surface area contributed by atoms with Crippen molar-refractivity contribution in [3.05, 3.63) is 240 Å². The van der Waals surface area contributed by atoms with Gasteiger partial charge in [0.2, 0.25) is 0 Å². The summed E-state index contributed by atoms with van der Waals surface area (Å²) in [5.74, 6) is 1.27. The molecule has 69 heavy (non-hydrogen) atoms. The maximum absolute atomic E-state index is 6.89. The zero-order chi connectivity index (χ0) is 45.2. The van der Waals surface area contributed by atoms with Crippen LogP contribution in [0.5, 0.6) is 0 Å². The third kappa shape index (κ3) is 5.66. The van der Waals surface area contributed by atoms with Gasteiger partial charge in [0.1, 0.15) is 16.7 Å². The number of para-hydroxylation sites is 3. The minimum Gasteiger partial charge on any atom is -0.456 e. The number of nitrogens with zero attached hydrogens (tertiary/aromatic N) is 4. The Morgan fingerprint density at radius 1 is 0.391 bits per heavy atom. The van der Waals surface area contributed by atoms with E-state index in [0.29, 0.717) is 11.7 Å². The van der Waals surface area contributed by atoms with E-state index in [1.807, 2.05) is 30.3 Å². The Morgan fingerprint density at radius 2 is 0.971 bits per heavy atom. The highest BCUT2D eigenvalue weighted by atomic mass is 16.3. The molecule has 0 amide bonds. The summed E-state index contributed by atoms with van der Waals surface area (Å²) < 4.78 is 15.9. The average molecular weight is 882 g/mol. The number of hydrogen-bond acceptors (Lipinski definition) is 4. The summed E-state index contributed by atoms with van der Waals surface area (Å²) in [6, 6.07) is 76.9. The molecule has 3 aromatic heterocycles. The molecule has 14 aromatic rings. The van der Waals surface area contributed by atoms with Gasteiger partial charge in [-0.25, -0.2) is 0 Å². The highest BCUT2D eigenvalue weighted by Gasteiger charge is 2.23. The molecular formula is C63H37N4O2-. The summed E-state index contributed by atoms with van der Waals surface area (Å²) in [6.07, 6.45) is -0.592. The second kappa shape index (κ2) is 14.6. The van der Waals surface area contributed by atoms with Crippen LogP contribution in [0.25, 0.3) is 120 Å². The molecule has 4 heterocycles. The highest BCUT2D eigenvalue weighted by Crippen LogP contribution is 2.45. The van der Waals surface area contributed by atoms with Crippen LogP contribution < -0.4 is 0 Å². The van der Waals surface area contributed by atoms with E-state index in [9.17, 15) is 0 Å². The van der Waals surface area contributed by atoms with E-state index in [4.69, 9.17) is 24.1 Å². The van der Waals surface area contributed by atoms with E-state index in [2.05, 4.69) is 193 Å². The molecule has 1 aliphatic rings. The number of hydrogen-bond donors (Lipinski definition) is 0. The van der Waals surface area contributed by atoms with Crippen molar-refractivity contribution >= 4 is 110 Å². The lowest BCUT2D eigenvalue weighted by Gasteiger charge is -2.33. The van der Waals surface area contributed by atoms with Gasteiger partial charge in [0, 0.05) is 32.3 Å². The molecule has 15 rings (SSSR count). The first-order valence-electron chi connectivity index (χ1n) is 23.4. The van der Waals surface area contributed by atoms with Crippen LogP contribution in [0.2, 0.25) is 0 Å². The third-order valence-electron chi connectivity index (χ3n) is 14.2. The van der Waals surface area contributed by atoms with Gasteiger partial charge >= 0.3 is 0 Å². The van der Waals surface area contributed by atoms with Gasteiger partial charge in [-0.3, -0.25) is 4.99 Å². The number of furan rings is 2. The van der Waals surface area contributed by atoms with Gasteiger partial charge in [0.05, 0.1) is 28.7 Å². The van der Waals surface area contributed by atoms with E-state index in [1.165, 1.54) is 43.1 Å². The van der Waals surface area contributed by atoms with Crippen molar-refractivity contribution in [2.75, 3.05) is 0 Å². The fourth-order valence-electron chi connectivity index (χ4n) is 11.1. The lowest BCUT2D eigenvalue weighted by atomic mass is 9.93. The molecule has 0 saturated heterocycles. The van der Waals surface area contributed by atoms with Crippen LogP contribution in [0, 0.1) is 0 Å². The first kappa shape index (κ1) is 37.9. The number of rotatable bonds is 5. The predicted octanol–water partition coefficient (Wildman–Crippen LogP) is 17.0. The van der Waals surface area contributed by atoms with Crippen molar-refractivity contribution in [3.8, 4) is 16.8 Å². The molecule has 0 saturated carbocycles. The Hall–Kier alpha value is -9.26. The molecule has 0 fully saturated rings. The zero-order valence-electron chi connectivity index (χ0n) is 37.0. The Bertz CT molecular complexity index is 4440. The quantitative estimate of drug-likeness (QED) is 0.162. The Balaban J connectivity index is 0.886. The van der Waals surface area contributed by atoms with E-state index in [1.54, 1.807) is 0 Å². The van der Waals surface area contributed by atoms with Gasteiger partial charge in [-0.2, -0.15) is 0 Å². The molecule has 1 unspecified atom stereocenters. The minimum atomic E-state index is -0.592. The molecule has 0 spiro atoms. The van der Waals surface area contributed by atoms with Gasteiger partial charge in [-0.05, 0) is 109 Å². The number of amidine groups is 2. The number of benzene rings is 11. The van der Waals surface area contributed by atoms with Crippen molar-refractivity contribution in [3.63, 3.8) is 0 Å². The van der Waals surface area contributed by atoms with E-state index in [0.717, 1.165) is 88.4 Å². The second-order valence-corrected chi connectivity index (χ2v) is 17.9. The smallest absolute Gasteiger partial charge is 0.159 e. The van der Waals surface area contributed by atoms with Gasteiger partial charge in [-0.15, -0.1) is 0 Å². The number of fused-ring (bicyclic) bond motifs is 15. The molecule has 1 aliphatic heterocycles. The van der Waals surface area contributed by atoms with Gasteiger partial charge in [0.25, 0.3) is 0 Å². The molecule has 6 nitrogen and oxygen atoms in total. The molecule has 0 radical (unpaired) electrons. The summed E-state index contributed by atoms with van der Waals surface area (Å²) in [6.45, 7) is 0. The molecule has 0 bridgehead atoms. The summed E-state index contributed by atoms with van der Waals surface area (Å²) in [4.78, 5) is 10.5. The molecular weight excluding hydrogens is 845 g/mol. The Kier molecular flexibility index (Phi) is 8.03. The van der Waals surface area contributed by atoms with Crippen molar-refractivity contribution < 1.29 is 8.83 Å². The van der Waals surface area contributed by atoms with Crippen LogP contribution >= 0.6 is 0 Å². The van der Waals surface area contributed by atoms with Crippen LogP contribution in [0.3, 0.4) is 0 Å². The van der Waals surface area contributed by atoms with Gasteiger partial charge < -0.3 is 23.7 Å². The van der Waals surface area contributed by atoms with Crippen LogP contribution in [0.15, 0.2) is 237 Å². The Labute approximate surface area is 394 Å². The zero-order valence-corrected chi connectivity index (χ0v) is 37.0. The molecule has 322 valence electrons. The lowest BCUT2D eigenvalue weighted by molar-refractivity contribution is 0.666. The molecule has 0 N–H and O–H groups in total. The monoisotopic (exact) mass is 881 g/mol. The molecule has 0 aliphatic carbocycles. The number of aromatic nitrogens is 1. The summed E-state index contributed by atoms with van der Waals surface area (Å²) in [7, 11) is 0. The van der Waals surface area contributed by atoms with E-state index in [-0.39, 0.29) is 0 Å².